The number of likely N-dealkylation sites (tertiary alicyclic amines) is 1. The molecule has 0 N–H and O–H groups in total. The topological polar surface area (TPSA) is 52.6 Å². The number of piperidine rings is 1. The number of hydrogen-bond acceptors (Lipinski definition) is 5. The molecule has 0 radical (unpaired) electrons. The van der Waals surface area contributed by atoms with E-state index in [-0.39, 0.29) is 5.92 Å². The van der Waals surface area contributed by atoms with Gasteiger partial charge >= 0.3 is 0 Å². The van der Waals surface area contributed by atoms with Gasteiger partial charge in [0.25, 0.3) is 0 Å². The van der Waals surface area contributed by atoms with Gasteiger partial charge in [-0.3, -0.25) is 9.69 Å². The molecule has 0 spiro atoms. The molecule has 2 saturated heterocycles. The Labute approximate surface area is 143 Å². The van der Waals surface area contributed by atoms with E-state index in [0.717, 1.165) is 56.8 Å². The second-order valence-electron chi connectivity index (χ2n) is 7.34. The average molecular weight is 329 g/mol. The first-order valence-electron chi connectivity index (χ1n) is 9.28. The molecule has 1 saturated carbocycles. The Kier molecular flexibility index (Phi) is 4.39. The van der Waals surface area contributed by atoms with Crippen LogP contribution in [0.2, 0.25) is 0 Å². The predicted molar refractivity (Wildman–Crippen MR) is 92.9 cm³/mol. The summed E-state index contributed by atoms with van der Waals surface area (Å²) in [5, 5.41) is 0. The van der Waals surface area contributed by atoms with Crippen LogP contribution < -0.4 is 4.90 Å². The maximum Gasteiger partial charge on any atom is 0.227 e. The van der Waals surface area contributed by atoms with Crippen molar-refractivity contribution in [3.63, 3.8) is 0 Å². The Hall–Kier alpha value is -1.69. The summed E-state index contributed by atoms with van der Waals surface area (Å²) in [6.07, 6.45) is 6.71. The van der Waals surface area contributed by atoms with E-state index in [1.807, 2.05) is 19.2 Å². The Morgan fingerprint density at radius 2 is 1.92 bits per heavy atom. The fourth-order valence-electron chi connectivity index (χ4n) is 4.01. The SMILES string of the molecule is Cc1nccc(N2CCN(C(=O)C3CCCN(C4CC4)C3)CC2)n1. The molecule has 4 rings (SSSR count). The standard InChI is InChI=1S/C18H27N5O/c1-14-19-7-6-17(20-14)21-9-11-22(12-10-21)18(24)15-3-2-8-23(13-15)16-4-5-16/h6-7,15-16H,2-5,8-13H2,1H3. The van der Waals surface area contributed by atoms with E-state index in [9.17, 15) is 4.79 Å². The molecule has 6 nitrogen and oxygen atoms in total. The highest BCUT2D eigenvalue weighted by Crippen LogP contribution is 2.31. The van der Waals surface area contributed by atoms with Crippen molar-refractivity contribution >= 4 is 11.7 Å². The van der Waals surface area contributed by atoms with Crippen LogP contribution in [-0.2, 0) is 4.79 Å². The van der Waals surface area contributed by atoms with Gasteiger partial charge in [-0.05, 0) is 45.2 Å². The first-order chi connectivity index (χ1) is 11.7. The molecule has 24 heavy (non-hydrogen) atoms. The highest BCUT2D eigenvalue weighted by molar-refractivity contribution is 5.79. The summed E-state index contributed by atoms with van der Waals surface area (Å²) in [5.41, 5.74) is 0. The number of piperazine rings is 1. The van der Waals surface area contributed by atoms with Crippen LogP contribution >= 0.6 is 0 Å². The van der Waals surface area contributed by atoms with E-state index in [2.05, 4.69) is 24.7 Å². The first kappa shape index (κ1) is 15.8. The van der Waals surface area contributed by atoms with Gasteiger partial charge in [0.15, 0.2) is 0 Å². The third kappa shape index (κ3) is 3.38. The van der Waals surface area contributed by atoms with E-state index in [1.54, 1.807) is 0 Å². The highest BCUT2D eigenvalue weighted by Gasteiger charge is 2.36. The first-order valence-corrected chi connectivity index (χ1v) is 9.28. The molecule has 0 aromatic carbocycles. The number of carbonyl (C=O) groups excluding carboxylic acids is 1. The molecule has 1 unspecified atom stereocenters. The second kappa shape index (κ2) is 6.67. The van der Waals surface area contributed by atoms with Gasteiger partial charge in [0.1, 0.15) is 11.6 Å². The fraction of sp³-hybridized carbons (Fsp3) is 0.722. The van der Waals surface area contributed by atoms with Crippen LogP contribution in [0.3, 0.4) is 0 Å². The zero-order valence-electron chi connectivity index (χ0n) is 14.5. The van der Waals surface area contributed by atoms with E-state index >= 15 is 0 Å². The number of amides is 1. The molecule has 1 aromatic rings. The van der Waals surface area contributed by atoms with Gasteiger partial charge in [0.2, 0.25) is 5.91 Å². The van der Waals surface area contributed by atoms with Crippen LogP contribution in [0.4, 0.5) is 5.82 Å². The number of aromatic nitrogens is 2. The van der Waals surface area contributed by atoms with E-state index < -0.39 is 0 Å². The Morgan fingerprint density at radius 1 is 1.12 bits per heavy atom. The Morgan fingerprint density at radius 3 is 2.62 bits per heavy atom. The molecular formula is C18H27N5O. The van der Waals surface area contributed by atoms with Gasteiger partial charge in [0, 0.05) is 45.0 Å². The van der Waals surface area contributed by atoms with Crippen molar-refractivity contribution < 1.29 is 4.79 Å². The molecule has 2 aliphatic heterocycles. The summed E-state index contributed by atoms with van der Waals surface area (Å²) in [6, 6.07) is 2.73. The van der Waals surface area contributed by atoms with Crippen LogP contribution in [0.15, 0.2) is 12.3 Å². The van der Waals surface area contributed by atoms with Crippen molar-refractivity contribution in [2.24, 2.45) is 5.92 Å². The number of rotatable bonds is 3. The lowest BCUT2D eigenvalue weighted by atomic mass is 9.96. The monoisotopic (exact) mass is 329 g/mol. The summed E-state index contributed by atoms with van der Waals surface area (Å²) in [5.74, 6) is 2.37. The minimum absolute atomic E-state index is 0.215. The van der Waals surface area contributed by atoms with E-state index in [1.165, 1.54) is 25.8 Å². The maximum absolute atomic E-state index is 12.9. The maximum atomic E-state index is 12.9. The Bertz CT molecular complexity index is 595. The molecule has 1 atom stereocenters. The highest BCUT2D eigenvalue weighted by atomic mass is 16.2. The summed E-state index contributed by atoms with van der Waals surface area (Å²) in [7, 11) is 0. The lowest BCUT2D eigenvalue weighted by Crippen LogP contribution is -2.53. The largest absolute Gasteiger partial charge is 0.353 e. The zero-order valence-corrected chi connectivity index (χ0v) is 14.5. The third-order valence-electron chi connectivity index (χ3n) is 5.54. The Balaban J connectivity index is 1.32. The molecule has 0 bridgehead atoms. The number of hydrogen-bond donors (Lipinski definition) is 0. The molecular weight excluding hydrogens is 302 g/mol. The van der Waals surface area contributed by atoms with Crippen LogP contribution in [0.5, 0.6) is 0 Å². The van der Waals surface area contributed by atoms with Crippen molar-refractivity contribution in [3.05, 3.63) is 18.1 Å². The lowest BCUT2D eigenvalue weighted by Gasteiger charge is -2.39. The summed E-state index contributed by atoms with van der Waals surface area (Å²) in [4.78, 5) is 28.4. The average Bonchev–Trinajstić information content (AvgIpc) is 3.47. The van der Waals surface area contributed by atoms with Gasteiger partial charge in [-0.25, -0.2) is 9.97 Å². The number of carbonyl (C=O) groups is 1. The predicted octanol–water partition coefficient (Wildman–Crippen LogP) is 1.31. The van der Waals surface area contributed by atoms with Gasteiger partial charge in [-0.15, -0.1) is 0 Å². The number of aryl methyl sites for hydroxylation is 1. The quantitative estimate of drug-likeness (QED) is 0.837. The van der Waals surface area contributed by atoms with Crippen LogP contribution in [-0.4, -0.2) is 71.0 Å². The fourth-order valence-corrected chi connectivity index (χ4v) is 4.01. The smallest absolute Gasteiger partial charge is 0.227 e. The third-order valence-corrected chi connectivity index (χ3v) is 5.54. The van der Waals surface area contributed by atoms with Gasteiger partial charge in [-0.2, -0.15) is 0 Å². The number of anilines is 1. The summed E-state index contributed by atoms with van der Waals surface area (Å²) >= 11 is 0. The molecule has 3 fully saturated rings. The minimum atomic E-state index is 0.215. The molecule has 1 aliphatic carbocycles. The van der Waals surface area contributed by atoms with Crippen molar-refractivity contribution in [1.82, 2.24) is 19.8 Å². The molecule has 130 valence electrons. The molecule has 6 heteroatoms. The van der Waals surface area contributed by atoms with Crippen LogP contribution in [0, 0.1) is 12.8 Å². The van der Waals surface area contributed by atoms with Gasteiger partial charge < -0.3 is 9.80 Å². The summed E-state index contributed by atoms with van der Waals surface area (Å²) < 4.78 is 0. The minimum Gasteiger partial charge on any atom is -0.353 e. The van der Waals surface area contributed by atoms with E-state index in [4.69, 9.17) is 0 Å². The summed E-state index contributed by atoms with van der Waals surface area (Å²) in [6.45, 7) is 7.42. The second-order valence-corrected chi connectivity index (χ2v) is 7.34. The van der Waals surface area contributed by atoms with Crippen molar-refractivity contribution in [2.75, 3.05) is 44.2 Å². The number of nitrogens with zero attached hydrogens (tertiary/aromatic N) is 5. The van der Waals surface area contributed by atoms with Crippen molar-refractivity contribution in [2.45, 2.75) is 38.6 Å². The lowest BCUT2D eigenvalue weighted by molar-refractivity contribution is -0.137. The van der Waals surface area contributed by atoms with E-state index in [0.29, 0.717) is 5.91 Å². The van der Waals surface area contributed by atoms with Crippen molar-refractivity contribution in [3.8, 4) is 0 Å². The zero-order chi connectivity index (χ0) is 16.5. The molecule has 3 aliphatic rings. The van der Waals surface area contributed by atoms with Gasteiger partial charge in [-0.1, -0.05) is 0 Å². The normalized spacial score (nSPS) is 25.8. The van der Waals surface area contributed by atoms with Crippen LogP contribution in [0.25, 0.3) is 0 Å². The molecule has 1 aromatic heterocycles. The van der Waals surface area contributed by atoms with Gasteiger partial charge in [0.05, 0.1) is 5.92 Å². The molecule has 3 heterocycles. The van der Waals surface area contributed by atoms with Crippen molar-refractivity contribution in [1.29, 1.82) is 0 Å². The molecule has 1 amide bonds. The van der Waals surface area contributed by atoms with Crippen LogP contribution in [0.1, 0.15) is 31.5 Å².